The number of aromatic hydroxyl groups is 1. The third-order valence-corrected chi connectivity index (χ3v) is 3.85. The number of phenolic OH excluding ortho intramolecular Hbond substituents is 1. The molecule has 0 fully saturated rings. The number of hydrogen-bond donors (Lipinski definition) is 1. The molecule has 0 radical (unpaired) electrons. The van der Waals surface area contributed by atoms with E-state index in [0.29, 0.717) is 40.2 Å². The van der Waals surface area contributed by atoms with E-state index >= 15 is 0 Å². The van der Waals surface area contributed by atoms with E-state index in [0.717, 1.165) is 0 Å². The minimum absolute atomic E-state index is 0.00750. The van der Waals surface area contributed by atoms with Gasteiger partial charge < -0.3 is 9.84 Å². The van der Waals surface area contributed by atoms with Crippen LogP contribution in [-0.2, 0) is 9.53 Å². The molecule has 0 amide bonds. The van der Waals surface area contributed by atoms with Crippen LogP contribution < -0.4 is 0 Å². The summed E-state index contributed by atoms with van der Waals surface area (Å²) in [5, 5.41) is 10.1. The lowest BCUT2D eigenvalue weighted by atomic mass is 9.79. The molecule has 0 aromatic heterocycles. The monoisotopic (exact) mass is 258 g/mol. The van der Waals surface area contributed by atoms with Crippen molar-refractivity contribution in [2.24, 2.45) is 0 Å². The Morgan fingerprint density at radius 3 is 2.58 bits per heavy atom. The Kier molecular flexibility index (Phi) is 2.33. The summed E-state index contributed by atoms with van der Waals surface area (Å²) in [5.41, 5.74) is 2.64. The minimum atomic E-state index is -0.517. The molecule has 1 aliphatic carbocycles. The summed E-state index contributed by atoms with van der Waals surface area (Å²) in [5.74, 6) is -0.414. The van der Waals surface area contributed by atoms with Crippen molar-refractivity contribution in [3.8, 4) is 5.75 Å². The van der Waals surface area contributed by atoms with Gasteiger partial charge in [0.25, 0.3) is 0 Å². The number of carbonyl (C=O) groups is 2. The third kappa shape index (κ3) is 1.40. The van der Waals surface area contributed by atoms with Gasteiger partial charge in [-0.1, -0.05) is 6.92 Å². The number of ketones is 2. The van der Waals surface area contributed by atoms with E-state index < -0.39 is 11.6 Å². The minimum Gasteiger partial charge on any atom is -0.508 e. The van der Waals surface area contributed by atoms with Crippen molar-refractivity contribution in [3.05, 3.63) is 33.9 Å². The summed E-state index contributed by atoms with van der Waals surface area (Å²) in [6.45, 7) is 5.64. The zero-order valence-electron chi connectivity index (χ0n) is 11.0. The van der Waals surface area contributed by atoms with Gasteiger partial charge in [-0.25, -0.2) is 0 Å². The molecule has 98 valence electrons. The van der Waals surface area contributed by atoms with Crippen molar-refractivity contribution in [1.29, 1.82) is 0 Å². The van der Waals surface area contributed by atoms with E-state index in [9.17, 15) is 14.7 Å². The lowest BCUT2D eigenvalue weighted by Crippen LogP contribution is -2.29. The average Bonchev–Trinajstić information content (AvgIpc) is 2.35. The first-order valence-corrected chi connectivity index (χ1v) is 6.23. The Labute approximate surface area is 110 Å². The molecule has 4 heteroatoms. The van der Waals surface area contributed by atoms with Crippen LogP contribution in [-0.4, -0.2) is 23.3 Å². The molecule has 1 aliphatic heterocycles. The molecule has 1 aromatic carbocycles. The number of hydrogen-bond acceptors (Lipinski definition) is 4. The maximum absolute atomic E-state index is 12.2. The van der Waals surface area contributed by atoms with Crippen molar-refractivity contribution in [2.45, 2.75) is 26.7 Å². The van der Waals surface area contributed by atoms with Gasteiger partial charge in [0, 0.05) is 28.2 Å². The van der Waals surface area contributed by atoms with Crippen LogP contribution in [0.2, 0.25) is 0 Å². The van der Waals surface area contributed by atoms with Gasteiger partial charge in [-0.2, -0.15) is 0 Å². The second-order valence-electron chi connectivity index (χ2n) is 5.20. The SMILES string of the molecule is CC1=C2OCC(C)c3c(O)cc(C)c(c32)C(=O)C1=O. The number of aryl methyl sites for hydroxylation is 1. The van der Waals surface area contributed by atoms with Crippen molar-refractivity contribution in [1.82, 2.24) is 0 Å². The molecule has 4 nitrogen and oxygen atoms in total. The van der Waals surface area contributed by atoms with Crippen LogP contribution in [0.5, 0.6) is 5.75 Å². The molecular weight excluding hydrogens is 244 g/mol. The van der Waals surface area contributed by atoms with E-state index in [4.69, 9.17) is 4.74 Å². The lowest BCUT2D eigenvalue weighted by Gasteiger charge is -2.32. The molecular formula is C15H14O4. The second kappa shape index (κ2) is 3.70. The third-order valence-electron chi connectivity index (χ3n) is 3.85. The topological polar surface area (TPSA) is 63.6 Å². The number of phenols is 1. The fraction of sp³-hybridized carbons (Fsp3) is 0.333. The standard InChI is InChI=1S/C15H14O4/c1-6-4-9(16)10-7(2)5-19-15-8(3)13(17)14(18)11(6)12(10)15/h4,7,16H,5H2,1-3H3. The smallest absolute Gasteiger partial charge is 0.234 e. The van der Waals surface area contributed by atoms with Crippen molar-refractivity contribution in [3.63, 3.8) is 0 Å². The van der Waals surface area contributed by atoms with Crippen LogP contribution in [0.1, 0.15) is 46.8 Å². The number of carbonyl (C=O) groups excluding carboxylic acids is 2. The number of ether oxygens (including phenoxy) is 1. The van der Waals surface area contributed by atoms with Crippen LogP contribution in [0.3, 0.4) is 0 Å². The molecule has 1 heterocycles. The number of allylic oxidation sites excluding steroid dienone is 1. The molecule has 1 unspecified atom stereocenters. The molecule has 1 aromatic rings. The van der Waals surface area contributed by atoms with Crippen LogP contribution in [0.15, 0.2) is 11.6 Å². The molecule has 0 saturated heterocycles. The average molecular weight is 258 g/mol. The Morgan fingerprint density at radius 1 is 1.21 bits per heavy atom. The quantitative estimate of drug-likeness (QED) is 0.725. The van der Waals surface area contributed by atoms with Crippen LogP contribution in [0, 0.1) is 6.92 Å². The highest BCUT2D eigenvalue weighted by atomic mass is 16.5. The highest BCUT2D eigenvalue weighted by molar-refractivity contribution is 6.52. The Morgan fingerprint density at radius 2 is 1.89 bits per heavy atom. The highest BCUT2D eigenvalue weighted by Gasteiger charge is 2.39. The van der Waals surface area contributed by atoms with Gasteiger partial charge in [-0.05, 0) is 25.5 Å². The normalized spacial score (nSPS) is 21.3. The summed E-state index contributed by atoms with van der Waals surface area (Å²) in [6.07, 6.45) is 0. The van der Waals surface area contributed by atoms with Gasteiger partial charge in [0.15, 0.2) is 0 Å². The molecule has 0 spiro atoms. The van der Waals surface area contributed by atoms with E-state index in [1.165, 1.54) is 0 Å². The molecule has 0 bridgehead atoms. The number of Topliss-reactive ketones (excluding diaryl/α,β-unsaturated/α-hetero) is 2. The van der Waals surface area contributed by atoms with Crippen LogP contribution >= 0.6 is 0 Å². The van der Waals surface area contributed by atoms with Crippen LogP contribution in [0.4, 0.5) is 0 Å². The summed E-state index contributed by atoms with van der Waals surface area (Å²) in [4.78, 5) is 24.1. The van der Waals surface area contributed by atoms with Gasteiger partial charge in [-0.3, -0.25) is 9.59 Å². The van der Waals surface area contributed by atoms with Crippen molar-refractivity contribution >= 4 is 17.3 Å². The predicted octanol–water partition coefficient (Wildman–Crippen LogP) is 2.33. The highest BCUT2D eigenvalue weighted by Crippen LogP contribution is 2.45. The van der Waals surface area contributed by atoms with Gasteiger partial charge in [-0.15, -0.1) is 0 Å². The van der Waals surface area contributed by atoms with Gasteiger partial charge in [0.1, 0.15) is 11.5 Å². The summed E-state index contributed by atoms with van der Waals surface area (Å²) < 4.78 is 5.63. The zero-order valence-corrected chi connectivity index (χ0v) is 11.0. The first-order chi connectivity index (χ1) is 8.93. The molecule has 0 saturated carbocycles. The van der Waals surface area contributed by atoms with E-state index in [1.54, 1.807) is 19.9 Å². The molecule has 3 rings (SSSR count). The molecule has 19 heavy (non-hydrogen) atoms. The summed E-state index contributed by atoms with van der Waals surface area (Å²) in [6, 6.07) is 1.56. The van der Waals surface area contributed by atoms with Gasteiger partial charge in [0.05, 0.1) is 6.61 Å². The first kappa shape index (κ1) is 12.0. The maximum atomic E-state index is 12.2. The van der Waals surface area contributed by atoms with Crippen LogP contribution in [0.25, 0.3) is 5.76 Å². The lowest BCUT2D eigenvalue weighted by molar-refractivity contribution is -0.112. The first-order valence-electron chi connectivity index (χ1n) is 6.23. The van der Waals surface area contributed by atoms with E-state index in [1.807, 2.05) is 6.92 Å². The fourth-order valence-corrected chi connectivity index (χ4v) is 2.89. The van der Waals surface area contributed by atoms with Crippen molar-refractivity contribution in [2.75, 3.05) is 6.61 Å². The van der Waals surface area contributed by atoms with E-state index in [2.05, 4.69) is 0 Å². The second-order valence-corrected chi connectivity index (χ2v) is 5.20. The van der Waals surface area contributed by atoms with Gasteiger partial charge in [0.2, 0.25) is 11.6 Å². The largest absolute Gasteiger partial charge is 0.508 e. The molecule has 2 aliphatic rings. The number of benzene rings is 1. The molecule has 1 N–H and O–H groups in total. The van der Waals surface area contributed by atoms with E-state index in [-0.39, 0.29) is 11.7 Å². The predicted molar refractivity (Wildman–Crippen MR) is 69.1 cm³/mol. The molecule has 1 atom stereocenters. The maximum Gasteiger partial charge on any atom is 0.234 e. The Hall–Kier alpha value is -2.10. The Bertz CT molecular complexity index is 667. The fourth-order valence-electron chi connectivity index (χ4n) is 2.89. The zero-order chi connectivity index (χ0) is 13.9. The Balaban J connectivity index is 2.48. The number of rotatable bonds is 0. The summed E-state index contributed by atoms with van der Waals surface area (Å²) in [7, 11) is 0. The summed E-state index contributed by atoms with van der Waals surface area (Å²) >= 11 is 0. The van der Waals surface area contributed by atoms with Crippen molar-refractivity contribution < 1.29 is 19.4 Å². The van der Waals surface area contributed by atoms with Gasteiger partial charge >= 0.3 is 0 Å².